The van der Waals surface area contributed by atoms with Crippen molar-refractivity contribution in [2.24, 2.45) is 17.8 Å². The molecule has 11 heteroatoms. The molecule has 0 aliphatic carbocycles. The zero-order chi connectivity index (χ0) is 28.2. The number of nitrogens with zero attached hydrogens (tertiary/aromatic N) is 8. The van der Waals surface area contributed by atoms with Crippen molar-refractivity contribution in [2.75, 3.05) is 18.0 Å². The summed E-state index contributed by atoms with van der Waals surface area (Å²) in [5.41, 5.74) is 8.58. The van der Waals surface area contributed by atoms with Crippen LogP contribution in [-0.2, 0) is 26.6 Å². The van der Waals surface area contributed by atoms with E-state index in [2.05, 4.69) is 20.9 Å². The highest BCUT2D eigenvalue weighted by Gasteiger charge is 2.26. The van der Waals surface area contributed by atoms with Crippen LogP contribution in [-0.4, -0.2) is 53.5 Å². The fraction of sp³-hybridized carbons (Fsp3) is 0.379. The summed E-state index contributed by atoms with van der Waals surface area (Å²) < 4.78 is 4.59. The summed E-state index contributed by atoms with van der Waals surface area (Å²) in [6.45, 7) is 5.91. The van der Waals surface area contributed by atoms with Crippen molar-refractivity contribution in [3.05, 3.63) is 87.1 Å². The van der Waals surface area contributed by atoms with Gasteiger partial charge < -0.3 is 15.2 Å². The number of imidazole rings is 1. The number of hydrogen-bond donors (Lipinski definition) is 1. The maximum atomic E-state index is 14.1. The van der Waals surface area contributed by atoms with Crippen LogP contribution in [0.5, 0.6) is 0 Å². The molecule has 1 saturated heterocycles. The number of aromatic nitrogens is 6. The van der Waals surface area contributed by atoms with Crippen molar-refractivity contribution < 1.29 is 0 Å². The number of para-hydroxylation sites is 1. The van der Waals surface area contributed by atoms with Crippen LogP contribution < -0.4 is 21.9 Å². The summed E-state index contributed by atoms with van der Waals surface area (Å²) in [7, 11) is 1.65. The molecule has 1 aliphatic rings. The van der Waals surface area contributed by atoms with Gasteiger partial charge in [0.2, 0.25) is 5.95 Å². The highest BCUT2D eigenvalue weighted by molar-refractivity contribution is 5.88. The first-order valence-corrected chi connectivity index (χ1v) is 13.5. The molecule has 11 nitrogen and oxygen atoms in total. The third-order valence-electron chi connectivity index (χ3n) is 7.00. The Labute approximate surface area is 232 Å². The lowest BCUT2D eigenvalue weighted by Gasteiger charge is -2.31. The van der Waals surface area contributed by atoms with Crippen LogP contribution in [0.2, 0.25) is 0 Å². The predicted molar refractivity (Wildman–Crippen MR) is 157 cm³/mol. The monoisotopic (exact) mass is 541 g/mol. The first kappa shape index (κ1) is 27.2. The Morgan fingerprint density at radius 1 is 1.10 bits per heavy atom. The molecule has 208 valence electrons. The Hall–Kier alpha value is -4.38. The van der Waals surface area contributed by atoms with Crippen molar-refractivity contribution in [3.8, 4) is 0 Å². The summed E-state index contributed by atoms with van der Waals surface area (Å²) in [4.78, 5) is 48.1. The second-order valence-corrected chi connectivity index (χ2v) is 10.4. The van der Waals surface area contributed by atoms with Gasteiger partial charge in [0.15, 0.2) is 11.2 Å². The van der Waals surface area contributed by atoms with E-state index in [4.69, 9.17) is 15.7 Å². The number of rotatable bonds is 8. The van der Waals surface area contributed by atoms with E-state index in [1.165, 1.54) is 9.13 Å². The lowest BCUT2D eigenvalue weighted by Crippen LogP contribution is -2.44. The number of benzene rings is 1. The largest absolute Gasteiger partial charge is 0.341 e. The van der Waals surface area contributed by atoms with E-state index in [9.17, 15) is 9.59 Å². The Morgan fingerprint density at radius 2 is 1.85 bits per heavy atom. The first-order valence-electron chi connectivity index (χ1n) is 13.5. The van der Waals surface area contributed by atoms with Gasteiger partial charge in [0.25, 0.3) is 5.56 Å². The molecule has 4 aromatic rings. The second kappa shape index (κ2) is 11.8. The molecule has 1 unspecified atom stereocenters. The van der Waals surface area contributed by atoms with Crippen LogP contribution in [0.4, 0.5) is 11.6 Å². The van der Waals surface area contributed by atoms with Crippen LogP contribution in [0.1, 0.15) is 32.5 Å². The molecule has 0 bridgehead atoms. The molecular formula is C29H35N9O2. The number of fused-ring (bicyclic) bond motifs is 1. The maximum Gasteiger partial charge on any atom is 0.332 e. The van der Waals surface area contributed by atoms with Crippen LogP contribution in [0.15, 0.2) is 75.0 Å². The number of nitrogens with two attached hydrogens (primary N) is 1. The third kappa shape index (κ3) is 5.79. The molecule has 40 heavy (non-hydrogen) atoms. The quantitative estimate of drug-likeness (QED) is 0.268. The van der Waals surface area contributed by atoms with Crippen molar-refractivity contribution in [1.29, 1.82) is 0 Å². The summed E-state index contributed by atoms with van der Waals surface area (Å²) in [5, 5.41) is 0. The molecule has 1 aromatic carbocycles. The molecule has 0 radical (unpaired) electrons. The van der Waals surface area contributed by atoms with E-state index in [0.29, 0.717) is 41.7 Å². The van der Waals surface area contributed by atoms with Crippen molar-refractivity contribution in [2.45, 2.75) is 52.2 Å². The standard InChI is InChI=1S/C29H35N9O2/c1-20(2)12-16-37-25-26(34-28(37)36-15-7-9-21(30)18-36)35(3)29(40)38(27(25)39)19-23(17-24-31-13-8-14-32-24)33-22-10-5-4-6-11-22/h4-6,8,10-14,21H,7,9,15-19,30H2,1-3H3. The molecule has 0 amide bonds. The predicted octanol–water partition coefficient (Wildman–Crippen LogP) is 2.60. The molecule has 1 aliphatic heterocycles. The SMILES string of the molecule is CC(C)=CCn1c(N2CCCC(N)C2)nc2c1c(=O)n(CC(Cc1ncccn1)=Nc1ccccc1)c(=O)n2C. The van der Waals surface area contributed by atoms with Crippen LogP contribution in [0.3, 0.4) is 0 Å². The van der Waals surface area contributed by atoms with Crippen molar-refractivity contribution in [1.82, 2.24) is 28.7 Å². The number of piperidine rings is 1. The Morgan fingerprint density at radius 3 is 2.55 bits per heavy atom. The number of aliphatic imine (C=N–C) groups is 1. The number of allylic oxidation sites excluding steroid dienone is 2. The zero-order valence-corrected chi connectivity index (χ0v) is 23.2. The number of anilines is 1. The van der Waals surface area contributed by atoms with E-state index >= 15 is 0 Å². The van der Waals surface area contributed by atoms with Gasteiger partial charge in [0, 0.05) is 57.2 Å². The number of aryl methyl sites for hydroxylation is 1. The summed E-state index contributed by atoms with van der Waals surface area (Å²) in [6, 6.07) is 11.2. The molecule has 5 rings (SSSR count). The molecule has 0 spiro atoms. The molecule has 0 saturated carbocycles. The first-order chi connectivity index (χ1) is 19.3. The van der Waals surface area contributed by atoms with Crippen LogP contribution in [0, 0.1) is 0 Å². The average molecular weight is 542 g/mol. The van der Waals surface area contributed by atoms with Gasteiger partial charge in [0.05, 0.1) is 12.2 Å². The summed E-state index contributed by atoms with van der Waals surface area (Å²) >= 11 is 0. The fourth-order valence-electron chi connectivity index (χ4n) is 4.98. The third-order valence-corrected chi connectivity index (χ3v) is 7.00. The molecule has 2 N–H and O–H groups in total. The lowest BCUT2D eigenvalue weighted by molar-refractivity contribution is 0.495. The van der Waals surface area contributed by atoms with E-state index in [1.54, 1.807) is 25.5 Å². The Kier molecular flexibility index (Phi) is 8.01. The van der Waals surface area contributed by atoms with Crippen molar-refractivity contribution >= 4 is 28.5 Å². The van der Waals surface area contributed by atoms with E-state index in [0.717, 1.165) is 30.6 Å². The summed E-state index contributed by atoms with van der Waals surface area (Å²) in [6.07, 6.45) is 7.56. The highest BCUT2D eigenvalue weighted by atomic mass is 16.2. The molecule has 4 heterocycles. The Bertz CT molecular complexity index is 1660. The van der Waals surface area contributed by atoms with Crippen LogP contribution >= 0.6 is 0 Å². The van der Waals surface area contributed by atoms with Gasteiger partial charge in [-0.3, -0.25) is 18.9 Å². The van der Waals surface area contributed by atoms with Gasteiger partial charge in [-0.1, -0.05) is 29.8 Å². The average Bonchev–Trinajstić information content (AvgIpc) is 3.34. The lowest BCUT2D eigenvalue weighted by atomic mass is 10.1. The minimum absolute atomic E-state index is 0.00760. The van der Waals surface area contributed by atoms with Gasteiger partial charge in [0.1, 0.15) is 5.82 Å². The fourth-order valence-corrected chi connectivity index (χ4v) is 4.98. The van der Waals surface area contributed by atoms with Gasteiger partial charge >= 0.3 is 5.69 Å². The van der Waals surface area contributed by atoms with Crippen LogP contribution in [0.25, 0.3) is 11.2 Å². The minimum Gasteiger partial charge on any atom is -0.341 e. The van der Waals surface area contributed by atoms with Gasteiger partial charge in [-0.15, -0.1) is 0 Å². The van der Waals surface area contributed by atoms with E-state index < -0.39 is 11.2 Å². The van der Waals surface area contributed by atoms with Gasteiger partial charge in [-0.25, -0.2) is 14.8 Å². The smallest absolute Gasteiger partial charge is 0.332 e. The second-order valence-electron chi connectivity index (χ2n) is 10.4. The minimum atomic E-state index is -0.457. The van der Waals surface area contributed by atoms with E-state index in [1.807, 2.05) is 48.7 Å². The molecule has 1 atom stereocenters. The van der Waals surface area contributed by atoms with E-state index in [-0.39, 0.29) is 19.0 Å². The molecule has 3 aromatic heterocycles. The Balaban J connectivity index is 1.66. The van der Waals surface area contributed by atoms with Gasteiger partial charge in [-0.2, -0.15) is 4.98 Å². The number of hydrogen-bond acceptors (Lipinski definition) is 8. The van der Waals surface area contributed by atoms with Crippen molar-refractivity contribution in [3.63, 3.8) is 0 Å². The molecule has 1 fully saturated rings. The van der Waals surface area contributed by atoms with Gasteiger partial charge in [-0.05, 0) is 44.9 Å². The molecular weight excluding hydrogens is 506 g/mol. The summed E-state index contributed by atoms with van der Waals surface area (Å²) in [5.74, 6) is 1.21. The highest BCUT2D eigenvalue weighted by Crippen LogP contribution is 2.23. The topological polar surface area (TPSA) is 129 Å². The zero-order valence-electron chi connectivity index (χ0n) is 23.2. The maximum absolute atomic E-state index is 14.1. The normalized spacial score (nSPS) is 15.9.